The Labute approximate surface area is 202 Å². The Morgan fingerprint density at radius 1 is 1.14 bits per heavy atom. The number of nitrogens with zero attached hydrogens (tertiary/aromatic N) is 8. The van der Waals surface area contributed by atoms with E-state index in [1.165, 1.54) is 17.2 Å². The van der Waals surface area contributed by atoms with Crippen LogP contribution in [0.15, 0.2) is 24.4 Å². The molecule has 3 aromatic rings. The number of anilines is 1. The number of rotatable bonds is 5. The second kappa shape index (κ2) is 8.56. The highest BCUT2D eigenvalue weighted by Crippen LogP contribution is 2.46. The standard InChI is InChI=1S/C25H27FN8O/c1-33-21(12-27)29-24(32-33)16-5-8-18(20(35)11-16)25-28-13-22(30-31-25)34(17-6-7-17)19-10-14-3-2-4-15(9-14)23(19)26/h5,8,11,13-15,17,19,23,35H,2-4,6-7,9-10H2,1H3/t14-,15+,19+,23-/m0/s1. The summed E-state index contributed by atoms with van der Waals surface area (Å²) in [5.41, 5.74) is 1.00. The molecule has 6 rings (SSSR count). The van der Waals surface area contributed by atoms with Crippen LogP contribution in [-0.2, 0) is 7.05 Å². The fourth-order valence-corrected chi connectivity index (χ4v) is 5.84. The van der Waals surface area contributed by atoms with E-state index in [-0.39, 0.29) is 29.4 Å². The molecule has 0 spiro atoms. The SMILES string of the molecule is Cn1nc(-c2ccc(-c3ncc(N(C4CC4)[C@@H]4C[C@H]5CCC[C@H](C5)[C@@H]4F)nn3)c(O)c2)nc1C#N. The largest absolute Gasteiger partial charge is 0.507 e. The van der Waals surface area contributed by atoms with Crippen LogP contribution in [-0.4, -0.2) is 53.3 Å². The zero-order valence-electron chi connectivity index (χ0n) is 19.5. The molecule has 0 amide bonds. The fourth-order valence-electron chi connectivity index (χ4n) is 5.84. The third kappa shape index (κ3) is 3.99. The van der Waals surface area contributed by atoms with E-state index in [0.29, 0.717) is 34.7 Å². The van der Waals surface area contributed by atoms with E-state index in [1.807, 2.05) is 6.07 Å². The van der Waals surface area contributed by atoms with Gasteiger partial charge in [-0.3, -0.25) is 0 Å². The Morgan fingerprint density at radius 2 is 2.00 bits per heavy atom. The van der Waals surface area contributed by atoms with Gasteiger partial charge in [-0.2, -0.15) is 15.3 Å². The van der Waals surface area contributed by atoms with Crippen molar-refractivity contribution in [2.75, 3.05) is 4.90 Å². The van der Waals surface area contributed by atoms with Crippen LogP contribution in [0.2, 0.25) is 0 Å². The molecule has 2 aromatic heterocycles. The Morgan fingerprint density at radius 3 is 2.69 bits per heavy atom. The number of hydrogen-bond donors (Lipinski definition) is 1. The molecule has 180 valence electrons. The monoisotopic (exact) mass is 474 g/mol. The molecule has 0 unspecified atom stereocenters. The second-order valence-electron chi connectivity index (χ2n) is 10.0. The molecule has 35 heavy (non-hydrogen) atoms. The summed E-state index contributed by atoms with van der Waals surface area (Å²) in [5.74, 6) is 2.15. The van der Waals surface area contributed by atoms with Gasteiger partial charge in [0.1, 0.15) is 18.0 Å². The van der Waals surface area contributed by atoms with E-state index in [9.17, 15) is 5.11 Å². The van der Waals surface area contributed by atoms with Gasteiger partial charge in [0, 0.05) is 18.7 Å². The molecule has 3 aliphatic rings. The maximum atomic E-state index is 15.5. The van der Waals surface area contributed by atoms with Gasteiger partial charge in [0.2, 0.25) is 5.82 Å². The molecule has 1 N–H and O–H groups in total. The molecule has 3 aliphatic carbocycles. The summed E-state index contributed by atoms with van der Waals surface area (Å²) in [6.07, 6.45) is 8.10. The normalized spacial score (nSPS) is 25.7. The average Bonchev–Trinajstić information content (AvgIpc) is 3.63. The summed E-state index contributed by atoms with van der Waals surface area (Å²) in [6.45, 7) is 0. The summed E-state index contributed by atoms with van der Waals surface area (Å²) >= 11 is 0. The molecule has 4 atom stereocenters. The molecule has 0 saturated heterocycles. The van der Waals surface area contributed by atoms with E-state index >= 15 is 4.39 Å². The van der Waals surface area contributed by atoms with Crippen LogP contribution < -0.4 is 4.90 Å². The summed E-state index contributed by atoms with van der Waals surface area (Å²) in [7, 11) is 1.64. The van der Waals surface area contributed by atoms with Gasteiger partial charge in [-0.05, 0) is 56.1 Å². The summed E-state index contributed by atoms with van der Waals surface area (Å²) in [6, 6.07) is 7.06. The van der Waals surface area contributed by atoms with Crippen LogP contribution in [0.4, 0.5) is 10.2 Å². The van der Waals surface area contributed by atoms with Crippen LogP contribution in [0.3, 0.4) is 0 Å². The lowest BCUT2D eigenvalue weighted by Gasteiger charge is -2.46. The third-order valence-electron chi connectivity index (χ3n) is 7.69. The number of phenolic OH excluding ortho intramolecular Hbond substituents is 1. The number of alkyl halides is 1. The minimum Gasteiger partial charge on any atom is -0.507 e. The predicted octanol–water partition coefficient (Wildman–Crippen LogP) is 3.80. The quantitative estimate of drug-likeness (QED) is 0.594. The van der Waals surface area contributed by atoms with Gasteiger partial charge in [-0.1, -0.05) is 18.9 Å². The van der Waals surface area contributed by atoms with Gasteiger partial charge in [0.05, 0.1) is 17.8 Å². The molecule has 2 bridgehead atoms. The van der Waals surface area contributed by atoms with Crippen LogP contribution in [0.1, 0.15) is 50.8 Å². The number of phenols is 1. The smallest absolute Gasteiger partial charge is 0.231 e. The van der Waals surface area contributed by atoms with Crippen molar-refractivity contribution >= 4 is 5.82 Å². The van der Waals surface area contributed by atoms with E-state index < -0.39 is 6.17 Å². The zero-order chi connectivity index (χ0) is 24.1. The van der Waals surface area contributed by atoms with Crippen molar-refractivity contribution in [2.24, 2.45) is 18.9 Å². The molecule has 9 nitrogen and oxygen atoms in total. The topological polar surface area (TPSA) is 117 Å². The molecule has 2 heterocycles. The van der Waals surface area contributed by atoms with Crippen molar-refractivity contribution in [2.45, 2.75) is 63.2 Å². The lowest BCUT2D eigenvalue weighted by atomic mass is 9.69. The lowest BCUT2D eigenvalue weighted by molar-refractivity contribution is 0.0631. The van der Waals surface area contributed by atoms with Gasteiger partial charge in [0.25, 0.3) is 0 Å². The van der Waals surface area contributed by atoms with Crippen molar-refractivity contribution < 1.29 is 9.50 Å². The molecule has 1 aromatic carbocycles. The third-order valence-corrected chi connectivity index (χ3v) is 7.69. The van der Waals surface area contributed by atoms with Crippen LogP contribution in [0.5, 0.6) is 5.75 Å². The predicted molar refractivity (Wildman–Crippen MR) is 126 cm³/mol. The molecular formula is C25H27FN8O. The number of aromatic nitrogens is 6. The molecular weight excluding hydrogens is 447 g/mol. The summed E-state index contributed by atoms with van der Waals surface area (Å²) in [5, 5.41) is 32.7. The Bertz CT molecular complexity index is 1280. The Hall–Kier alpha value is -3.61. The van der Waals surface area contributed by atoms with Crippen LogP contribution in [0, 0.1) is 23.2 Å². The maximum absolute atomic E-state index is 15.5. The number of halogens is 1. The molecule has 0 aliphatic heterocycles. The van der Waals surface area contributed by atoms with E-state index in [1.54, 1.807) is 25.4 Å². The average molecular weight is 475 g/mol. The Balaban J connectivity index is 1.26. The fraction of sp³-hybridized carbons (Fsp3) is 0.520. The van der Waals surface area contributed by atoms with Gasteiger partial charge in [-0.15, -0.1) is 10.2 Å². The first-order valence-electron chi connectivity index (χ1n) is 12.3. The minimum absolute atomic E-state index is 0.0361. The van der Waals surface area contributed by atoms with Gasteiger partial charge in [0.15, 0.2) is 17.5 Å². The Kier molecular flexibility index (Phi) is 5.35. The highest BCUT2D eigenvalue weighted by Gasteiger charge is 2.46. The number of nitriles is 1. The van der Waals surface area contributed by atoms with Gasteiger partial charge < -0.3 is 10.0 Å². The van der Waals surface area contributed by atoms with E-state index in [2.05, 4.69) is 30.2 Å². The first-order chi connectivity index (χ1) is 17.0. The summed E-state index contributed by atoms with van der Waals surface area (Å²) in [4.78, 5) is 10.8. The van der Waals surface area contributed by atoms with Gasteiger partial charge in [-0.25, -0.2) is 14.1 Å². The van der Waals surface area contributed by atoms with Crippen molar-refractivity contribution in [1.29, 1.82) is 5.26 Å². The summed E-state index contributed by atoms with van der Waals surface area (Å²) < 4.78 is 16.9. The number of hydrogen-bond acceptors (Lipinski definition) is 8. The van der Waals surface area contributed by atoms with Crippen LogP contribution in [0.25, 0.3) is 22.8 Å². The highest BCUT2D eigenvalue weighted by molar-refractivity contribution is 5.70. The number of benzene rings is 1. The van der Waals surface area contributed by atoms with Crippen molar-refractivity contribution in [3.63, 3.8) is 0 Å². The van der Waals surface area contributed by atoms with Crippen molar-refractivity contribution in [1.82, 2.24) is 29.9 Å². The number of aromatic hydroxyl groups is 1. The zero-order valence-corrected chi connectivity index (χ0v) is 19.5. The maximum Gasteiger partial charge on any atom is 0.231 e. The lowest BCUT2D eigenvalue weighted by Crippen LogP contribution is -2.52. The first-order valence-corrected chi connectivity index (χ1v) is 12.3. The van der Waals surface area contributed by atoms with E-state index in [0.717, 1.165) is 38.5 Å². The van der Waals surface area contributed by atoms with Crippen LogP contribution >= 0.6 is 0 Å². The second-order valence-corrected chi connectivity index (χ2v) is 10.0. The number of fused-ring (bicyclic) bond motifs is 2. The van der Waals surface area contributed by atoms with E-state index in [4.69, 9.17) is 5.26 Å². The van der Waals surface area contributed by atoms with Crippen molar-refractivity contribution in [3.05, 3.63) is 30.2 Å². The molecule has 0 radical (unpaired) electrons. The van der Waals surface area contributed by atoms with Crippen molar-refractivity contribution in [3.8, 4) is 34.6 Å². The minimum atomic E-state index is -0.841. The molecule has 3 fully saturated rings. The molecule has 10 heteroatoms. The van der Waals surface area contributed by atoms with Gasteiger partial charge >= 0.3 is 0 Å². The first kappa shape index (κ1) is 21.9. The number of aryl methyl sites for hydroxylation is 1. The molecule has 3 saturated carbocycles. The highest BCUT2D eigenvalue weighted by atomic mass is 19.1.